The van der Waals surface area contributed by atoms with E-state index in [1.54, 1.807) is 0 Å². The molecule has 0 aromatic heterocycles. The van der Waals surface area contributed by atoms with E-state index in [1.807, 2.05) is 61.5 Å². The quantitative estimate of drug-likeness (QED) is 0.647. The molecule has 1 atom stereocenters. The van der Waals surface area contributed by atoms with Crippen LogP contribution in [-0.2, 0) is 31.9 Å². The fourth-order valence-corrected chi connectivity index (χ4v) is 5.54. The molecule has 0 aliphatic carbocycles. The first-order chi connectivity index (χ1) is 14.0. The van der Waals surface area contributed by atoms with Gasteiger partial charge >= 0.3 is 0 Å². The van der Waals surface area contributed by atoms with Crippen LogP contribution in [0.25, 0.3) is 0 Å². The number of carbonyl (C=O) groups is 1. The third kappa shape index (κ3) is 6.30. The number of thioether (sulfide) groups is 1. The Hall–Kier alpha value is -1.87. The lowest BCUT2D eigenvalue weighted by molar-refractivity contribution is -0.120. The molecule has 1 fully saturated rings. The summed E-state index contributed by atoms with van der Waals surface area (Å²) < 4.78 is 32.2. The number of rotatable bonds is 8. The van der Waals surface area contributed by atoms with Crippen LogP contribution < -0.4 is 5.32 Å². The van der Waals surface area contributed by atoms with Crippen LogP contribution in [0.2, 0.25) is 0 Å². The standard InChI is InChI=1S/C21H26N2O4S2/c1-17(28-20-9-3-2-4-10-20)21(24)22-15-18-7-5-6-8-19(18)16-29(25,26)23-11-13-27-14-12-23/h2-10,17H,11-16H2,1H3,(H,22,24). The minimum Gasteiger partial charge on any atom is -0.379 e. The van der Waals surface area contributed by atoms with Crippen LogP contribution in [-0.4, -0.2) is 50.2 Å². The lowest BCUT2D eigenvalue weighted by Gasteiger charge is -2.26. The topological polar surface area (TPSA) is 75.7 Å². The van der Waals surface area contributed by atoms with Crippen molar-refractivity contribution < 1.29 is 17.9 Å². The molecule has 8 heteroatoms. The van der Waals surface area contributed by atoms with Gasteiger partial charge in [-0.1, -0.05) is 42.5 Å². The first kappa shape index (κ1) is 21.8. The predicted octanol–water partition coefficient (Wildman–Crippen LogP) is 2.65. The maximum atomic E-state index is 12.7. The fourth-order valence-electron chi connectivity index (χ4n) is 3.07. The summed E-state index contributed by atoms with van der Waals surface area (Å²) in [6.07, 6.45) is 0. The van der Waals surface area contributed by atoms with Crippen LogP contribution in [0.1, 0.15) is 18.1 Å². The number of nitrogens with one attached hydrogen (secondary N) is 1. The molecule has 1 aliphatic heterocycles. The van der Waals surface area contributed by atoms with Gasteiger partial charge in [0.05, 0.1) is 24.2 Å². The molecule has 156 valence electrons. The molecule has 1 amide bonds. The molecule has 29 heavy (non-hydrogen) atoms. The fraction of sp³-hybridized carbons (Fsp3) is 0.381. The van der Waals surface area contributed by atoms with Gasteiger partial charge in [-0.2, -0.15) is 4.31 Å². The summed E-state index contributed by atoms with van der Waals surface area (Å²) in [5, 5.41) is 2.69. The number of ether oxygens (including phenoxy) is 1. The third-order valence-electron chi connectivity index (χ3n) is 4.70. The molecular weight excluding hydrogens is 408 g/mol. The van der Waals surface area contributed by atoms with Gasteiger partial charge in [0.1, 0.15) is 0 Å². The molecule has 3 rings (SSSR count). The zero-order valence-corrected chi connectivity index (χ0v) is 18.0. The molecule has 0 bridgehead atoms. The van der Waals surface area contributed by atoms with Crippen molar-refractivity contribution in [3.63, 3.8) is 0 Å². The lowest BCUT2D eigenvalue weighted by atomic mass is 10.1. The molecule has 1 aliphatic rings. The molecule has 1 N–H and O–H groups in total. The highest BCUT2D eigenvalue weighted by Gasteiger charge is 2.25. The minimum absolute atomic E-state index is 0.0760. The Morgan fingerprint density at radius 2 is 1.69 bits per heavy atom. The molecule has 1 unspecified atom stereocenters. The van der Waals surface area contributed by atoms with E-state index in [4.69, 9.17) is 4.74 Å². The van der Waals surface area contributed by atoms with Crippen molar-refractivity contribution in [3.8, 4) is 0 Å². The summed E-state index contributed by atoms with van der Waals surface area (Å²) in [5.74, 6) is -0.155. The Morgan fingerprint density at radius 3 is 2.38 bits per heavy atom. The van der Waals surface area contributed by atoms with Crippen LogP contribution in [0.15, 0.2) is 59.5 Å². The van der Waals surface area contributed by atoms with Gasteiger partial charge in [-0.05, 0) is 30.2 Å². The van der Waals surface area contributed by atoms with Gasteiger partial charge in [0.15, 0.2) is 0 Å². The van der Waals surface area contributed by atoms with Gasteiger partial charge < -0.3 is 10.1 Å². The Labute approximate surface area is 176 Å². The summed E-state index contributed by atoms with van der Waals surface area (Å²) in [4.78, 5) is 13.5. The van der Waals surface area contributed by atoms with Crippen LogP contribution in [0, 0.1) is 0 Å². The van der Waals surface area contributed by atoms with E-state index in [0.29, 0.717) is 38.4 Å². The predicted molar refractivity (Wildman–Crippen MR) is 115 cm³/mol. The maximum Gasteiger partial charge on any atom is 0.233 e. The van der Waals surface area contributed by atoms with Gasteiger partial charge in [0, 0.05) is 24.5 Å². The van der Waals surface area contributed by atoms with Crippen molar-refractivity contribution in [1.29, 1.82) is 0 Å². The summed E-state index contributed by atoms with van der Waals surface area (Å²) in [5.41, 5.74) is 1.53. The molecule has 0 saturated carbocycles. The van der Waals surface area contributed by atoms with E-state index < -0.39 is 10.0 Å². The van der Waals surface area contributed by atoms with Crippen LogP contribution in [0.3, 0.4) is 0 Å². The number of morpholine rings is 1. The first-order valence-electron chi connectivity index (χ1n) is 9.57. The van der Waals surface area contributed by atoms with Crippen molar-refractivity contribution in [2.45, 2.75) is 29.4 Å². The van der Waals surface area contributed by atoms with Gasteiger partial charge in [0.2, 0.25) is 15.9 Å². The summed E-state index contributed by atoms with van der Waals surface area (Å²) >= 11 is 1.49. The number of hydrogen-bond donors (Lipinski definition) is 1. The van der Waals surface area contributed by atoms with Crippen LogP contribution in [0.5, 0.6) is 0 Å². The normalized spacial score (nSPS) is 16.3. The first-order valence-corrected chi connectivity index (χ1v) is 12.1. The Bertz CT molecular complexity index is 913. The van der Waals surface area contributed by atoms with E-state index >= 15 is 0 Å². The lowest BCUT2D eigenvalue weighted by Crippen LogP contribution is -2.41. The molecule has 2 aromatic carbocycles. The highest BCUT2D eigenvalue weighted by atomic mass is 32.2. The second kappa shape index (κ2) is 10.2. The van der Waals surface area contributed by atoms with Crippen molar-refractivity contribution in [3.05, 3.63) is 65.7 Å². The number of amides is 1. The minimum atomic E-state index is -3.42. The van der Waals surface area contributed by atoms with E-state index in [2.05, 4.69) is 5.32 Å². The van der Waals surface area contributed by atoms with Gasteiger partial charge in [0.25, 0.3) is 0 Å². The third-order valence-corrected chi connectivity index (χ3v) is 7.64. The van der Waals surface area contributed by atoms with Crippen molar-refractivity contribution >= 4 is 27.7 Å². The van der Waals surface area contributed by atoms with Crippen LogP contribution >= 0.6 is 11.8 Å². The second-order valence-electron chi connectivity index (χ2n) is 6.83. The summed E-state index contributed by atoms with van der Waals surface area (Å²) in [6, 6.07) is 17.1. The largest absolute Gasteiger partial charge is 0.379 e. The Balaban J connectivity index is 1.61. The Morgan fingerprint density at radius 1 is 1.07 bits per heavy atom. The number of carbonyl (C=O) groups excluding carboxylic acids is 1. The van der Waals surface area contributed by atoms with E-state index in [9.17, 15) is 13.2 Å². The van der Waals surface area contributed by atoms with Gasteiger partial charge in [-0.3, -0.25) is 4.79 Å². The van der Waals surface area contributed by atoms with E-state index in [1.165, 1.54) is 16.1 Å². The van der Waals surface area contributed by atoms with Gasteiger partial charge in [-0.25, -0.2) is 8.42 Å². The monoisotopic (exact) mass is 434 g/mol. The molecule has 6 nitrogen and oxygen atoms in total. The number of sulfonamides is 1. The molecular formula is C21H26N2O4S2. The van der Waals surface area contributed by atoms with Crippen molar-refractivity contribution in [2.24, 2.45) is 0 Å². The maximum absolute atomic E-state index is 12.7. The second-order valence-corrected chi connectivity index (χ2v) is 10.2. The van der Waals surface area contributed by atoms with E-state index in [-0.39, 0.29) is 16.9 Å². The number of benzene rings is 2. The smallest absolute Gasteiger partial charge is 0.233 e. The highest BCUT2D eigenvalue weighted by Crippen LogP contribution is 2.23. The molecule has 0 spiro atoms. The highest BCUT2D eigenvalue weighted by molar-refractivity contribution is 8.00. The average molecular weight is 435 g/mol. The van der Waals surface area contributed by atoms with Crippen LogP contribution in [0.4, 0.5) is 0 Å². The number of nitrogens with zero attached hydrogens (tertiary/aromatic N) is 1. The SMILES string of the molecule is CC(Sc1ccccc1)C(=O)NCc1ccccc1CS(=O)(=O)N1CCOCC1. The average Bonchev–Trinajstić information content (AvgIpc) is 2.74. The molecule has 2 aromatic rings. The molecule has 0 radical (unpaired) electrons. The summed E-state index contributed by atoms with van der Waals surface area (Å²) in [7, 11) is -3.42. The molecule has 1 heterocycles. The zero-order valence-electron chi connectivity index (χ0n) is 16.4. The Kier molecular flexibility index (Phi) is 7.71. The zero-order chi connectivity index (χ0) is 20.7. The van der Waals surface area contributed by atoms with Crippen molar-refractivity contribution in [2.75, 3.05) is 26.3 Å². The summed E-state index contributed by atoms with van der Waals surface area (Å²) in [6.45, 7) is 3.78. The van der Waals surface area contributed by atoms with Crippen molar-refractivity contribution in [1.82, 2.24) is 9.62 Å². The van der Waals surface area contributed by atoms with Gasteiger partial charge in [-0.15, -0.1) is 11.8 Å². The number of hydrogen-bond acceptors (Lipinski definition) is 5. The molecule has 1 saturated heterocycles. The van der Waals surface area contributed by atoms with E-state index in [0.717, 1.165) is 10.5 Å².